The number of nitrogens with one attached hydrogen (secondary N) is 2. The van der Waals surface area contributed by atoms with E-state index in [4.69, 9.17) is 19.2 Å². The van der Waals surface area contributed by atoms with Crippen LogP contribution < -0.4 is 15.4 Å². The first-order valence-electron chi connectivity index (χ1n) is 10.2. The van der Waals surface area contributed by atoms with Crippen LogP contribution in [0.1, 0.15) is 38.7 Å². The molecule has 1 aliphatic carbocycles. The normalized spacial score (nSPS) is 20.4. The molecule has 0 amide bonds. The summed E-state index contributed by atoms with van der Waals surface area (Å²) in [6, 6.07) is 8.35. The van der Waals surface area contributed by atoms with Gasteiger partial charge in [-0.15, -0.1) is 24.0 Å². The van der Waals surface area contributed by atoms with Gasteiger partial charge in [-0.3, -0.25) is 0 Å². The van der Waals surface area contributed by atoms with Gasteiger partial charge in [0.15, 0.2) is 5.96 Å². The van der Waals surface area contributed by atoms with Crippen molar-refractivity contribution in [3.05, 3.63) is 29.8 Å². The van der Waals surface area contributed by atoms with Crippen molar-refractivity contribution < 1.29 is 14.2 Å². The van der Waals surface area contributed by atoms with Crippen molar-refractivity contribution in [3.8, 4) is 5.75 Å². The quantitative estimate of drug-likeness (QED) is 0.292. The van der Waals surface area contributed by atoms with E-state index in [2.05, 4.69) is 30.5 Å². The lowest BCUT2D eigenvalue weighted by Gasteiger charge is -2.20. The number of benzene rings is 1. The zero-order valence-corrected chi connectivity index (χ0v) is 19.3. The molecule has 0 radical (unpaired) electrons. The molecule has 1 heterocycles. The molecule has 0 spiro atoms. The molecule has 6 nitrogen and oxygen atoms in total. The van der Waals surface area contributed by atoms with Crippen molar-refractivity contribution in [1.29, 1.82) is 0 Å². The monoisotopic (exact) mass is 503 g/mol. The lowest BCUT2D eigenvalue weighted by atomic mass is 10.2. The van der Waals surface area contributed by atoms with E-state index in [0.29, 0.717) is 19.8 Å². The summed E-state index contributed by atoms with van der Waals surface area (Å²) in [5, 5.41) is 6.73. The fourth-order valence-electron chi connectivity index (χ4n) is 2.95. The molecule has 28 heavy (non-hydrogen) atoms. The minimum atomic E-state index is 0. The summed E-state index contributed by atoms with van der Waals surface area (Å²) in [7, 11) is 0. The van der Waals surface area contributed by atoms with Gasteiger partial charge in [0, 0.05) is 24.8 Å². The third-order valence-electron chi connectivity index (χ3n) is 4.75. The second kappa shape index (κ2) is 12.5. The van der Waals surface area contributed by atoms with Crippen LogP contribution in [0.25, 0.3) is 0 Å². The molecule has 1 saturated carbocycles. The van der Waals surface area contributed by atoms with E-state index in [1.165, 1.54) is 12.8 Å². The molecule has 7 heteroatoms. The van der Waals surface area contributed by atoms with Crippen LogP contribution in [0.3, 0.4) is 0 Å². The number of hydrogen-bond acceptors (Lipinski definition) is 4. The minimum Gasteiger partial charge on any atom is -0.493 e. The average molecular weight is 503 g/mol. The number of para-hydroxylation sites is 1. The Morgan fingerprint density at radius 2 is 2.11 bits per heavy atom. The standard InChI is InChI=1S/C21H33N3O3.HI/c1-3-22-21(24-16(2)13-26-19-10-11-25-15-19)23-12-18-6-4-5-7-20(18)27-14-17-8-9-17;/h4-7,16-17,19H,3,8-15H2,1-2H3,(H2,22,23,24);1H. The molecule has 2 unspecified atom stereocenters. The Labute approximate surface area is 185 Å². The van der Waals surface area contributed by atoms with Crippen LogP contribution >= 0.6 is 24.0 Å². The van der Waals surface area contributed by atoms with Crippen LogP contribution in [-0.4, -0.2) is 51.1 Å². The average Bonchev–Trinajstić information content (AvgIpc) is 3.36. The maximum Gasteiger partial charge on any atom is 0.191 e. The number of rotatable bonds is 10. The molecule has 0 bridgehead atoms. The van der Waals surface area contributed by atoms with Crippen molar-refractivity contribution >= 4 is 29.9 Å². The lowest BCUT2D eigenvalue weighted by Crippen LogP contribution is -2.44. The first kappa shape index (κ1) is 23.2. The number of halogens is 1. The summed E-state index contributed by atoms with van der Waals surface area (Å²) < 4.78 is 17.2. The second-order valence-corrected chi connectivity index (χ2v) is 7.42. The SMILES string of the molecule is CCNC(=NCc1ccccc1OCC1CC1)NC(C)COC1CCOC1.I. The predicted octanol–water partition coefficient (Wildman–Crippen LogP) is 3.34. The fourth-order valence-corrected chi connectivity index (χ4v) is 2.95. The molecule has 1 aromatic carbocycles. The van der Waals surface area contributed by atoms with Gasteiger partial charge < -0.3 is 24.8 Å². The molecule has 158 valence electrons. The molecule has 1 aliphatic heterocycles. The van der Waals surface area contributed by atoms with Gasteiger partial charge in [0.2, 0.25) is 0 Å². The number of ether oxygens (including phenoxy) is 3. The van der Waals surface area contributed by atoms with Crippen molar-refractivity contribution in [2.75, 3.05) is 33.0 Å². The number of aliphatic imine (C=N–C) groups is 1. The number of guanidine groups is 1. The Hall–Kier alpha value is -1.06. The van der Waals surface area contributed by atoms with Gasteiger partial charge in [0.1, 0.15) is 5.75 Å². The Morgan fingerprint density at radius 3 is 2.82 bits per heavy atom. The van der Waals surface area contributed by atoms with Gasteiger partial charge in [0.05, 0.1) is 32.5 Å². The van der Waals surface area contributed by atoms with Crippen molar-refractivity contribution in [2.24, 2.45) is 10.9 Å². The van der Waals surface area contributed by atoms with Crippen LogP contribution in [0.15, 0.2) is 29.3 Å². The van der Waals surface area contributed by atoms with E-state index >= 15 is 0 Å². The third kappa shape index (κ3) is 8.13. The predicted molar refractivity (Wildman–Crippen MR) is 123 cm³/mol. The highest BCUT2D eigenvalue weighted by molar-refractivity contribution is 14.0. The van der Waals surface area contributed by atoms with Crippen LogP contribution in [0.4, 0.5) is 0 Å². The maximum absolute atomic E-state index is 5.99. The van der Waals surface area contributed by atoms with Crippen LogP contribution in [0, 0.1) is 5.92 Å². The first-order valence-corrected chi connectivity index (χ1v) is 10.2. The summed E-state index contributed by atoms with van der Waals surface area (Å²) in [4.78, 5) is 4.74. The summed E-state index contributed by atoms with van der Waals surface area (Å²) in [6.45, 7) is 8.54. The molecular formula is C21H34IN3O3. The molecule has 0 aromatic heterocycles. The van der Waals surface area contributed by atoms with E-state index in [1.807, 2.05) is 18.2 Å². The lowest BCUT2D eigenvalue weighted by molar-refractivity contribution is 0.0347. The largest absolute Gasteiger partial charge is 0.493 e. The summed E-state index contributed by atoms with van der Waals surface area (Å²) in [6.07, 6.45) is 3.80. The summed E-state index contributed by atoms with van der Waals surface area (Å²) in [5.41, 5.74) is 1.11. The highest BCUT2D eigenvalue weighted by Gasteiger charge is 2.22. The summed E-state index contributed by atoms with van der Waals surface area (Å²) in [5.74, 6) is 2.49. The van der Waals surface area contributed by atoms with Gasteiger partial charge in [-0.25, -0.2) is 4.99 Å². The van der Waals surface area contributed by atoms with Crippen molar-refractivity contribution in [2.45, 2.75) is 51.8 Å². The molecule has 1 saturated heterocycles. The first-order chi connectivity index (χ1) is 13.2. The Morgan fingerprint density at radius 1 is 1.29 bits per heavy atom. The van der Waals surface area contributed by atoms with Crippen molar-refractivity contribution in [1.82, 2.24) is 10.6 Å². The smallest absolute Gasteiger partial charge is 0.191 e. The van der Waals surface area contributed by atoms with E-state index in [-0.39, 0.29) is 36.1 Å². The van der Waals surface area contributed by atoms with Gasteiger partial charge in [-0.2, -0.15) is 0 Å². The highest BCUT2D eigenvalue weighted by Crippen LogP contribution is 2.30. The Bertz CT molecular complexity index is 604. The molecule has 1 aromatic rings. The van der Waals surface area contributed by atoms with E-state index in [1.54, 1.807) is 0 Å². The molecule has 2 N–H and O–H groups in total. The highest BCUT2D eigenvalue weighted by atomic mass is 127. The molecule has 2 aliphatic rings. The minimum absolute atomic E-state index is 0. The van der Waals surface area contributed by atoms with Crippen LogP contribution in [0.5, 0.6) is 5.75 Å². The zero-order valence-electron chi connectivity index (χ0n) is 17.0. The molecular weight excluding hydrogens is 469 g/mol. The third-order valence-corrected chi connectivity index (χ3v) is 4.75. The van der Waals surface area contributed by atoms with E-state index in [9.17, 15) is 0 Å². The van der Waals surface area contributed by atoms with Gasteiger partial charge >= 0.3 is 0 Å². The van der Waals surface area contributed by atoms with E-state index < -0.39 is 0 Å². The zero-order chi connectivity index (χ0) is 18.9. The van der Waals surface area contributed by atoms with Gasteiger partial charge in [-0.1, -0.05) is 18.2 Å². The van der Waals surface area contributed by atoms with E-state index in [0.717, 1.165) is 49.4 Å². The Kier molecular flexibility index (Phi) is 10.4. The van der Waals surface area contributed by atoms with Gasteiger partial charge in [-0.05, 0) is 45.1 Å². The topological polar surface area (TPSA) is 64.1 Å². The number of hydrogen-bond donors (Lipinski definition) is 2. The summed E-state index contributed by atoms with van der Waals surface area (Å²) >= 11 is 0. The van der Waals surface area contributed by atoms with Crippen LogP contribution in [0.2, 0.25) is 0 Å². The van der Waals surface area contributed by atoms with Gasteiger partial charge in [0.25, 0.3) is 0 Å². The molecule has 2 fully saturated rings. The maximum atomic E-state index is 5.99. The van der Waals surface area contributed by atoms with Crippen molar-refractivity contribution in [3.63, 3.8) is 0 Å². The molecule has 3 rings (SSSR count). The number of nitrogens with zero attached hydrogens (tertiary/aromatic N) is 1. The Balaban J connectivity index is 0.00000280. The second-order valence-electron chi connectivity index (χ2n) is 7.42. The molecule has 2 atom stereocenters. The van der Waals surface area contributed by atoms with Crippen LogP contribution in [-0.2, 0) is 16.0 Å². The fraction of sp³-hybridized carbons (Fsp3) is 0.667.